The van der Waals surface area contributed by atoms with Gasteiger partial charge in [0.05, 0.1) is 12.7 Å². The number of aliphatic carboxylic acids is 1. The van der Waals surface area contributed by atoms with Crippen LogP contribution < -0.4 is 10.1 Å². The summed E-state index contributed by atoms with van der Waals surface area (Å²) in [6.45, 7) is 1.87. The molecule has 2 N–H and O–H groups in total. The lowest BCUT2D eigenvalue weighted by Gasteiger charge is -2.11. The highest BCUT2D eigenvalue weighted by Gasteiger charge is 2.14. The van der Waals surface area contributed by atoms with Crippen molar-refractivity contribution in [2.45, 2.75) is 13.3 Å². The quantitative estimate of drug-likeness (QED) is 0.823. The van der Waals surface area contributed by atoms with Crippen LogP contribution in [-0.2, 0) is 4.79 Å². The van der Waals surface area contributed by atoms with Crippen LogP contribution in [-0.4, -0.2) is 30.6 Å². The van der Waals surface area contributed by atoms with Gasteiger partial charge in [0.25, 0.3) is 5.91 Å². The number of halogens is 1. The van der Waals surface area contributed by atoms with E-state index in [0.717, 1.165) is 6.07 Å². The van der Waals surface area contributed by atoms with Crippen molar-refractivity contribution in [3.63, 3.8) is 0 Å². The highest BCUT2D eigenvalue weighted by Crippen LogP contribution is 2.16. The van der Waals surface area contributed by atoms with Gasteiger partial charge in [-0.05, 0) is 18.1 Å². The van der Waals surface area contributed by atoms with Crippen molar-refractivity contribution in [2.24, 2.45) is 5.92 Å². The average molecular weight is 269 g/mol. The monoisotopic (exact) mass is 269 g/mol. The number of hydrogen-bond donors (Lipinski definition) is 2. The zero-order valence-corrected chi connectivity index (χ0v) is 10.8. The van der Waals surface area contributed by atoms with Crippen LogP contribution in [0.25, 0.3) is 0 Å². The van der Waals surface area contributed by atoms with E-state index >= 15 is 0 Å². The van der Waals surface area contributed by atoms with Crippen LogP contribution in [0.1, 0.15) is 23.7 Å². The number of benzene rings is 1. The molecule has 1 rings (SSSR count). The summed E-state index contributed by atoms with van der Waals surface area (Å²) in [5, 5.41) is 11.1. The maximum Gasteiger partial charge on any atom is 0.303 e. The Labute approximate surface area is 110 Å². The molecule has 104 valence electrons. The van der Waals surface area contributed by atoms with Crippen LogP contribution in [0.4, 0.5) is 4.39 Å². The Morgan fingerprint density at radius 3 is 2.68 bits per heavy atom. The van der Waals surface area contributed by atoms with Gasteiger partial charge in [0.15, 0.2) is 0 Å². The molecule has 0 aromatic heterocycles. The molecule has 1 amide bonds. The zero-order chi connectivity index (χ0) is 14.4. The number of ether oxygens (including phenoxy) is 1. The Bertz CT molecular complexity index is 476. The molecule has 1 aromatic rings. The molecule has 0 heterocycles. The van der Waals surface area contributed by atoms with Gasteiger partial charge in [-0.3, -0.25) is 9.59 Å². The first kappa shape index (κ1) is 14.9. The Balaban J connectivity index is 2.61. The highest BCUT2D eigenvalue weighted by atomic mass is 19.1. The molecule has 0 aliphatic heterocycles. The molecule has 6 heteroatoms. The standard InChI is InChI=1S/C13H16FNO4/c1-8(5-12(16)17)7-15-13(18)10-4-3-9(19-2)6-11(10)14/h3-4,6,8H,5,7H2,1-2H3,(H,15,18)(H,16,17). The minimum atomic E-state index is -0.933. The van der Waals surface area contributed by atoms with Crippen molar-refractivity contribution < 1.29 is 23.8 Å². The Morgan fingerprint density at radius 2 is 2.16 bits per heavy atom. The third-order valence-electron chi connectivity index (χ3n) is 2.56. The Hall–Kier alpha value is -2.11. The maximum absolute atomic E-state index is 13.6. The second-order valence-corrected chi connectivity index (χ2v) is 4.26. The van der Waals surface area contributed by atoms with Crippen molar-refractivity contribution in [1.29, 1.82) is 0 Å². The normalized spacial score (nSPS) is 11.7. The second-order valence-electron chi connectivity index (χ2n) is 4.26. The van der Waals surface area contributed by atoms with Crippen LogP contribution in [0, 0.1) is 11.7 Å². The molecule has 0 radical (unpaired) electrons. The summed E-state index contributed by atoms with van der Waals surface area (Å²) >= 11 is 0. The summed E-state index contributed by atoms with van der Waals surface area (Å²) in [5.41, 5.74) is -0.0941. The first-order chi connectivity index (χ1) is 8.93. The molecule has 0 fully saturated rings. The number of carboxylic acids is 1. The smallest absolute Gasteiger partial charge is 0.303 e. The predicted molar refractivity (Wildman–Crippen MR) is 66.7 cm³/mol. The van der Waals surface area contributed by atoms with Crippen molar-refractivity contribution >= 4 is 11.9 Å². The maximum atomic E-state index is 13.6. The van der Waals surface area contributed by atoms with Crippen molar-refractivity contribution in [2.75, 3.05) is 13.7 Å². The lowest BCUT2D eigenvalue weighted by Crippen LogP contribution is -2.29. The van der Waals surface area contributed by atoms with Gasteiger partial charge in [-0.1, -0.05) is 6.92 Å². The Morgan fingerprint density at radius 1 is 1.47 bits per heavy atom. The van der Waals surface area contributed by atoms with Crippen molar-refractivity contribution in [3.8, 4) is 5.75 Å². The average Bonchev–Trinajstić information content (AvgIpc) is 2.35. The van der Waals surface area contributed by atoms with E-state index in [1.807, 2.05) is 0 Å². The molecule has 19 heavy (non-hydrogen) atoms. The van der Waals surface area contributed by atoms with Crippen LogP contribution in [0.2, 0.25) is 0 Å². The van der Waals surface area contributed by atoms with E-state index in [1.165, 1.54) is 19.2 Å². The van der Waals surface area contributed by atoms with Crippen molar-refractivity contribution in [3.05, 3.63) is 29.6 Å². The number of amides is 1. The summed E-state index contributed by atoms with van der Waals surface area (Å²) in [6.07, 6.45) is -0.0502. The fourth-order valence-corrected chi connectivity index (χ4v) is 1.54. The molecule has 0 spiro atoms. The van der Waals surface area contributed by atoms with Crippen LogP contribution in [0.15, 0.2) is 18.2 Å². The third-order valence-corrected chi connectivity index (χ3v) is 2.56. The summed E-state index contributed by atoms with van der Waals surface area (Å²) < 4.78 is 18.4. The van der Waals surface area contributed by atoms with Gasteiger partial charge in [0.1, 0.15) is 11.6 Å². The molecular formula is C13H16FNO4. The summed E-state index contributed by atoms with van der Waals surface area (Å²) in [6, 6.07) is 3.93. The predicted octanol–water partition coefficient (Wildman–Crippen LogP) is 1.67. The molecule has 0 bridgehead atoms. The van der Waals surface area contributed by atoms with Crippen molar-refractivity contribution in [1.82, 2.24) is 5.32 Å². The topological polar surface area (TPSA) is 75.6 Å². The van der Waals surface area contributed by atoms with Crippen LogP contribution >= 0.6 is 0 Å². The van der Waals surface area contributed by atoms with E-state index in [0.29, 0.717) is 5.75 Å². The first-order valence-electron chi connectivity index (χ1n) is 5.77. The molecule has 1 atom stereocenters. The molecule has 0 saturated carbocycles. The molecule has 1 unspecified atom stereocenters. The number of hydrogen-bond acceptors (Lipinski definition) is 3. The summed E-state index contributed by atoms with van der Waals surface area (Å²) in [5.74, 6) is -2.08. The SMILES string of the molecule is COc1ccc(C(=O)NCC(C)CC(=O)O)c(F)c1. The lowest BCUT2D eigenvalue weighted by molar-refractivity contribution is -0.137. The zero-order valence-electron chi connectivity index (χ0n) is 10.8. The molecule has 0 aliphatic rings. The van der Waals surface area contributed by atoms with E-state index in [2.05, 4.69) is 5.32 Å². The summed E-state index contributed by atoms with van der Waals surface area (Å²) in [4.78, 5) is 22.2. The fraction of sp³-hybridized carbons (Fsp3) is 0.385. The number of nitrogens with one attached hydrogen (secondary N) is 1. The van der Waals surface area contributed by atoms with Gasteiger partial charge in [0.2, 0.25) is 0 Å². The molecule has 1 aromatic carbocycles. The molecule has 0 saturated heterocycles. The third kappa shape index (κ3) is 4.57. The number of carbonyl (C=O) groups is 2. The minimum Gasteiger partial charge on any atom is -0.497 e. The lowest BCUT2D eigenvalue weighted by atomic mass is 10.1. The largest absolute Gasteiger partial charge is 0.497 e. The summed E-state index contributed by atoms with van der Waals surface area (Å²) in [7, 11) is 1.40. The molecule has 5 nitrogen and oxygen atoms in total. The molecular weight excluding hydrogens is 253 g/mol. The van der Waals surface area contributed by atoms with Crippen LogP contribution in [0.5, 0.6) is 5.75 Å². The minimum absolute atomic E-state index is 0.0502. The van der Waals surface area contributed by atoms with E-state index in [4.69, 9.17) is 9.84 Å². The number of carboxylic acid groups (broad SMARTS) is 1. The van der Waals surface area contributed by atoms with E-state index in [1.54, 1.807) is 6.92 Å². The van der Waals surface area contributed by atoms with Gasteiger partial charge in [-0.2, -0.15) is 0 Å². The Kier molecular flexibility index (Phi) is 5.29. The number of carbonyl (C=O) groups excluding carboxylic acids is 1. The fourth-order valence-electron chi connectivity index (χ4n) is 1.54. The van der Waals surface area contributed by atoms with Gasteiger partial charge in [0, 0.05) is 19.0 Å². The van der Waals surface area contributed by atoms with Crippen LogP contribution in [0.3, 0.4) is 0 Å². The van der Waals surface area contributed by atoms with Gasteiger partial charge < -0.3 is 15.2 Å². The van der Waals surface area contributed by atoms with Gasteiger partial charge >= 0.3 is 5.97 Å². The molecule has 0 aliphatic carbocycles. The van der Waals surface area contributed by atoms with Gasteiger partial charge in [-0.15, -0.1) is 0 Å². The van der Waals surface area contributed by atoms with E-state index < -0.39 is 17.7 Å². The first-order valence-corrected chi connectivity index (χ1v) is 5.77. The number of rotatable bonds is 6. The van der Waals surface area contributed by atoms with E-state index in [9.17, 15) is 14.0 Å². The second kappa shape index (κ2) is 6.72. The van der Waals surface area contributed by atoms with Gasteiger partial charge in [-0.25, -0.2) is 4.39 Å². The number of methoxy groups -OCH3 is 1. The van der Waals surface area contributed by atoms with E-state index in [-0.39, 0.29) is 24.4 Å². The highest BCUT2D eigenvalue weighted by molar-refractivity contribution is 5.94.